The molecule has 106 valence electrons. The van der Waals surface area contributed by atoms with Crippen LogP contribution in [0.4, 0.5) is 0 Å². The van der Waals surface area contributed by atoms with E-state index in [1.807, 2.05) is 0 Å². The molecule has 0 aromatic heterocycles. The molecule has 3 nitrogen and oxygen atoms in total. The van der Waals surface area contributed by atoms with Gasteiger partial charge in [0, 0.05) is 11.6 Å². The van der Waals surface area contributed by atoms with Crippen molar-refractivity contribution in [2.24, 2.45) is 11.8 Å². The Kier molecular flexibility index (Phi) is 5.05. The Balaban J connectivity index is 2.09. The number of nitrogens with one attached hydrogen (secondary N) is 1. The summed E-state index contributed by atoms with van der Waals surface area (Å²) in [6, 6.07) is 0.491. The van der Waals surface area contributed by atoms with E-state index in [2.05, 4.69) is 24.2 Å². The number of nitrogens with zero attached hydrogens (tertiary/aromatic N) is 1. The summed E-state index contributed by atoms with van der Waals surface area (Å²) in [5.74, 6) is 6.87. The first-order valence-electron chi connectivity index (χ1n) is 7.98. The van der Waals surface area contributed by atoms with Crippen LogP contribution in [0.5, 0.6) is 0 Å². The Bertz CT molecular complexity index is 240. The molecule has 0 spiro atoms. The first kappa shape index (κ1) is 14.3. The lowest BCUT2D eigenvalue weighted by atomic mass is 9.74. The van der Waals surface area contributed by atoms with Gasteiger partial charge in [0.1, 0.15) is 0 Å². The second-order valence-corrected chi connectivity index (χ2v) is 6.23. The van der Waals surface area contributed by atoms with Crippen molar-refractivity contribution >= 4 is 0 Å². The molecule has 0 aromatic carbocycles. The molecule has 3 N–H and O–H groups in total. The maximum Gasteiger partial charge on any atom is 0.0397 e. The second-order valence-electron chi connectivity index (χ2n) is 6.23. The quantitative estimate of drug-likeness (QED) is 0.541. The van der Waals surface area contributed by atoms with Crippen LogP contribution in [-0.4, -0.2) is 29.6 Å². The molecule has 2 fully saturated rings. The molecule has 0 amide bonds. The molecular weight excluding hydrogens is 222 g/mol. The third-order valence-corrected chi connectivity index (χ3v) is 5.51. The third-order valence-electron chi connectivity index (χ3n) is 5.51. The highest BCUT2D eigenvalue weighted by molar-refractivity contribution is 5.03. The molecule has 2 saturated carbocycles. The summed E-state index contributed by atoms with van der Waals surface area (Å²) >= 11 is 0. The van der Waals surface area contributed by atoms with Crippen LogP contribution >= 0.6 is 0 Å². The van der Waals surface area contributed by atoms with Crippen LogP contribution in [0.2, 0.25) is 0 Å². The topological polar surface area (TPSA) is 41.3 Å². The molecule has 0 heterocycles. The van der Waals surface area contributed by atoms with Crippen molar-refractivity contribution in [3.63, 3.8) is 0 Å². The first-order chi connectivity index (χ1) is 8.76. The van der Waals surface area contributed by atoms with Gasteiger partial charge < -0.3 is 0 Å². The van der Waals surface area contributed by atoms with Crippen molar-refractivity contribution in [3.8, 4) is 0 Å². The van der Waals surface area contributed by atoms with E-state index in [9.17, 15) is 0 Å². The van der Waals surface area contributed by atoms with Gasteiger partial charge in [-0.2, -0.15) is 0 Å². The molecular formula is C15H31N3. The SMILES string of the molecule is CCN(CC)C1(C(CC2CCC2)NN)CCCC1. The summed E-state index contributed by atoms with van der Waals surface area (Å²) in [5.41, 5.74) is 3.53. The standard InChI is InChI=1S/C15H31N3/c1-3-18(4-2)15(10-5-6-11-15)14(17-16)12-13-8-7-9-13/h13-14,17H,3-12,16H2,1-2H3. The fraction of sp³-hybridized carbons (Fsp3) is 1.00. The van der Waals surface area contributed by atoms with Crippen molar-refractivity contribution in [1.82, 2.24) is 10.3 Å². The molecule has 2 aliphatic carbocycles. The van der Waals surface area contributed by atoms with Crippen LogP contribution in [0.25, 0.3) is 0 Å². The second kappa shape index (κ2) is 6.36. The van der Waals surface area contributed by atoms with Crippen molar-refractivity contribution < 1.29 is 0 Å². The Hall–Kier alpha value is -0.120. The molecule has 3 heteroatoms. The van der Waals surface area contributed by atoms with Crippen LogP contribution in [0, 0.1) is 5.92 Å². The van der Waals surface area contributed by atoms with E-state index in [1.165, 1.54) is 51.4 Å². The zero-order valence-corrected chi connectivity index (χ0v) is 12.3. The summed E-state index contributed by atoms with van der Waals surface area (Å²) in [6.45, 7) is 6.89. The summed E-state index contributed by atoms with van der Waals surface area (Å²) in [4.78, 5) is 2.67. The van der Waals surface area contributed by atoms with Gasteiger partial charge in [-0.25, -0.2) is 0 Å². The minimum absolute atomic E-state index is 0.341. The minimum atomic E-state index is 0.341. The van der Waals surface area contributed by atoms with Gasteiger partial charge in [-0.3, -0.25) is 16.2 Å². The highest BCUT2D eigenvalue weighted by Crippen LogP contribution is 2.42. The van der Waals surface area contributed by atoms with Gasteiger partial charge in [-0.15, -0.1) is 0 Å². The van der Waals surface area contributed by atoms with E-state index in [4.69, 9.17) is 5.84 Å². The van der Waals surface area contributed by atoms with Crippen molar-refractivity contribution in [2.45, 2.75) is 76.8 Å². The highest BCUT2D eigenvalue weighted by Gasteiger charge is 2.45. The van der Waals surface area contributed by atoms with Crippen LogP contribution in [0.15, 0.2) is 0 Å². The van der Waals surface area contributed by atoms with Crippen LogP contribution < -0.4 is 11.3 Å². The molecule has 1 unspecified atom stereocenters. The third kappa shape index (κ3) is 2.59. The lowest BCUT2D eigenvalue weighted by molar-refractivity contribution is 0.0465. The zero-order chi connectivity index (χ0) is 13.0. The predicted octanol–water partition coefficient (Wildman–Crippen LogP) is 2.66. The van der Waals surface area contributed by atoms with Crippen LogP contribution in [-0.2, 0) is 0 Å². The summed E-state index contributed by atoms with van der Waals surface area (Å²) < 4.78 is 0. The molecule has 2 aliphatic rings. The largest absolute Gasteiger partial charge is 0.297 e. The van der Waals surface area contributed by atoms with E-state index in [1.54, 1.807) is 0 Å². The van der Waals surface area contributed by atoms with Crippen molar-refractivity contribution in [1.29, 1.82) is 0 Å². The number of rotatable bonds is 7. The molecule has 18 heavy (non-hydrogen) atoms. The number of hydrazine groups is 1. The normalized spacial score (nSPS) is 25.3. The predicted molar refractivity (Wildman–Crippen MR) is 77.2 cm³/mol. The molecule has 0 saturated heterocycles. The highest BCUT2D eigenvalue weighted by atomic mass is 15.3. The molecule has 0 bridgehead atoms. The maximum absolute atomic E-state index is 5.94. The Morgan fingerprint density at radius 1 is 1.17 bits per heavy atom. The Labute approximate surface area is 112 Å². The summed E-state index contributed by atoms with van der Waals surface area (Å²) in [5, 5.41) is 0. The zero-order valence-electron chi connectivity index (χ0n) is 12.3. The number of nitrogens with two attached hydrogens (primary N) is 1. The average molecular weight is 253 g/mol. The van der Waals surface area contributed by atoms with Crippen molar-refractivity contribution in [3.05, 3.63) is 0 Å². The maximum atomic E-state index is 5.94. The summed E-state index contributed by atoms with van der Waals surface area (Å²) in [7, 11) is 0. The van der Waals surface area contributed by atoms with Crippen LogP contribution in [0.1, 0.15) is 65.2 Å². The smallest absolute Gasteiger partial charge is 0.0397 e. The Morgan fingerprint density at radius 3 is 2.17 bits per heavy atom. The Morgan fingerprint density at radius 2 is 1.78 bits per heavy atom. The fourth-order valence-electron chi connectivity index (χ4n) is 4.23. The fourth-order valence-corrected chi connectivity index (χ4v) is 4.23. The number of hydrogen-bond donors (Lipinski definition) is 2. The van der Waals surface area contributed by atoms with E-state index in [0.717, 1.165) is 19.0 Å². The van der Waals surface area contributed by atoms with E-state index < -0.39 is 0 Å². The van der Waals surface area contributed by atoms with E-state index in [0.29, 0.717) is 11.6 Å². The van der Waals surface area contributed by atoms with Crippen LogP contribution in [0.3, 0.4) is 0 Å². The van der Waals surface area contributed by atoms with Gasteiger partial charge in [0.25, 0.3) is 0 Å². The van der Waals surface area contributed by atoms with Gasteiger partial charge in [0.15, 0.2) is 0 Å². The number of hydrogen-bond acceptors (Lipinski definition) is 3. The molecule has 2 rings (SSSR count). The number of likely N-dealkylation sites (N-methyl/N-ethyl adjacent to an activating group) is 1. The van der Waals surface area contributed by atoms with Gasteiger partial charge in [0.2, 0.25) is 0 Å². The van der Waals surface area contributed by atoms with E-state index in [-0.39, 0.29) is 0 Å². The lowest BCUT2D eigenvalue weighted by Crippen LogP contribution is -2.62. The summed E-state index contributed by atoms with van der Waals surface area (Å²) in [6.07, 6.45) is 11.0. The monoisotopic (exact) mass is 253 g/mol. The van der Waals surface area contributed by atoms with Gasteiger partial charge in [-0.05, 0) is 38.3 Å². The van der Waals surface area contributed by atoms with Gasteiger partial charge in [0.05, 0.1) is 0 Å². The average Bonchev–Trinajstić information content (AvgIpc) is 2.80. The minimum Gasteiger partial charge on any atom is -0.297 e. The molecule has 1 atom stereocenters. The first-order valence-corrected chi connectivity index (χ1v) is 7.98. The molecule has 0 aromatic rings. The molecule has 0 radical (unpaired) electrons. The van der Waals surface area contributed by atoms with E-state index >= 15 is 0 Å². The lowest BCUT2D eigenvalue weighted by Gasteiger charge is -2.47. The van der Waals surface area contributed by atoms with Gasteiger partial charge in [-0.1, -0.05) is 46.0 Å². The van der Waals surface area contributed by atoms with Crippen molar-refractivity contribution in [2.75, 3.05) is 13.1 Å². The van der Waals surface area contributed by atoms with Gasteiger partial charge >= 0.3 is 0 Å². The molecule has 0 aliphatic heterocycles.